The van der Waals surface area contributed by atoms with Gasteiger partial charge in [-0.25, -0.2) is 14.5 Å². The molecule has 2 aromatic rings. The van der Waals surface area contributed by atoms with Gasteiger partial charge in [-0.3, -0.25) is 4.79 Å². The molecular formula is C17H22N4O3. The van der Waals surface area contributed by atoms with Crippen LogP contribution in [0.5, 0.6) is 0 Å². The number of nitrogens with one attached hydrogen (secondary N) is 1. The first kappa shape index (κ1) is 17.7. The van der Waals surface area contributed by atoms with E-state index in [0.717, 1.165) is 0 Å². The van der Waals surface area contributed by atoms with Crippen molar-refractivity contribution in [3.8, 4) is 5.82 Å². The fourth-order valence-corrected chi connectivity index (χ4v) is 2.05. The number of hydrogen-bond acceptors (Lipinski definition) is 5. The normalized spacial score (nSPS) is 12.0. The molecule has 0 aliphatic carbocycles. The first-order valence-corrected chi connectivity index (χ1v) is 7.85. The number of aromatic nitrogens is 3. The zero-order valence-electron chi connectivity index (χ0n) is 14.3. The van der Waals surface area contributed by atoms with Crippen molar-refractivity contribution in [2.45, 2.75) is 33.8 Å². The molecule has 0 saturated heterocycles. The van der Waals surface area contributed by atoms with Crippen molar-refractivity contribution in [1.82, 2.24) is 20.1 Å². The van der Waals surface area contributed by atoms with E-state index in [1.807, 2.05) is 19.9 Å². The van der Waals surface area contributed by atoms with Crippen LogP contribution in [-0.2, 0) is 9.53 Å². The summed E-state index contributed by atoms with van der Waals surface area (Å²) in [4.78, 5) is 28.4. The monoisotopic (exact) mass is 330 g/mol. The van der Waals surface area contributed by atoms with Gasteiger partial charge in [0.25, 0.3) is 5.91 Å². The molecule has 0 radical (unpaired) electrons. The standard InChI is InChI=1S/C17H22N4O3/c1-11(2)9-19-16(22)13(4)24-17(23)14-10-20-21(12(14)3)15-7-5-6-8-18-15/h5-8,10-11,13H,9H2,1-4H3,(H,19,22). The molecule has 7 heteroatoms. The molecule has 1 amide bonds. The average molecular weight is 330 g/mol. The lowest BCUT2D eigenvalue weighted by Crippen LogP contribution is -2.37. The van der Waals surface area contributed by atoms with Gasteiger partial charge in [-0.1, -0.05) is 19.9 Å². The summed E-state index contributed by atoms with van der Waals surface area (Å²) in [6, 6.07) is 5.43. The third kappa shape index (κ3) is 4.18. The van der Waals surface area contributed by atoms with E-state index in [-0.39, 0.29) is 5.91 Å². The number of rotatable bonds is 6. The summed E-state index contributed by atoms with van der Waals surface area (Å²) in [5.41, 5.74) is 0.914. The largest absolute Gasteiger partial charge is 0.449 e. The summed E-state index contributed by atoms with van der Waals surface area (Å²) in [6.45, 7) is 7.82. The molecule has 0 saturated carbocycles. The van der Waals surface area contributed by atoms with E-state index in [9.17, 15) is 9.59 Å². The number of ether oxygens (including phenoxy) is 1. The van der Waals surface area contributed by atoms with E-state index >= 15 is 0 Å². The van der Waals surface area contributed by atoms with Crippen LogP contribution in [0.2, 0.25) is 0 Å². The van der Waals surface area contributed by atoms with Gasteiger partial charge in [-0.15, -0.1) is 0 Å². The van der Waals surface area contributed by atoms with E-state index in [0.29, 0.717) is 29.5 Å². The Bertz CT molecular complexity index is 710. The number of amides is 1. The summed E-state index contributed by atoms with van der Waals surface area (Å²) < 4.78 is 6.79. The maximum absolute atomic E-state index is 12.3. The van der Waals surface area contributed by atoms with Crippen molar-refractivity contribution in [3.05, 3.63) is 41.9 Å². The molecule has 7 nitrogen and oxygen atoms in total. The second-order valence-corrected chi connectivity index (χ2v) is 5.93. The van der Waals surface area contributed by atoms with Gasteiger partial charge in [0.15, 0.2) is 11.9 Å². The Hall–Kier alpha value is -2.70. The number of nitrogens with zero attached hydrogens (tertiary/aromatic N) is 3. The predicted molar refractivity (Wildman–Crippen MR) is 88.8 cm³/mol. The first-order chi connectivity index (χ1) is 11.4. The highest BCUT2D eigenvalue weighted by atomic mass is 16.5. The quantitative estimate of drug-likeness (QED) is 0.818. The minimum absolute atomic E-state index is 0.309. The van der Waals surface area contributed by atoms with Crippen LogP contribution in [0.4, 0.5) is 0 Å². The van der Waals surface area contributed by atoms with Crippen LogP contribution in [0, 0.1) is 12.8 Å². The molecule has 0 aromatic carbocycles. The van der Waals surface area contributed by atoms with Crippen molar-refractivity contribution in [2.24, 2.45) is 5.92 Å². The lowest BCUT2D eigenvalue weighted by atomic mass is 10.2. The lowest BCUT2D eigenvalue weighted by Gasteiger charge is -2.14. The Morgan fingerprint density at radius 2 is 2.04 bits per heavy atom. The Morgan fingerprint density at radius 1 is 1.29 bits per heavy atom. The molecular weight excluding hydrogens is 308 g/mol. The molecule has 2 aromatic heterocycles. The smallest absolute Gasteiger partial charge is 0.342 e. The van der Waals surface area contributed by atoms with Gasteiger partial charge < -0.3 is 10.1 Å². The third-order valence-corrected chi connectivity index (χ3v) is 3.43. The molecule has 1 unspecified atom stereocenters. The second kappa shape index (κ2) is 7.72. The van der Waals surface area contributed by atoms with Crippen molar-refractivity contribution < 1.29 is 14.3 Å². The van der Waals surface area contributed by atoms with Crippen molar-refractivity contribution in [1.29, 1.82) is 0 Å². The average Bonchev–Trinajstić information content (AvgIpc) is 2.94. The molecule has 1 N–H and O–H groups in total. The first-order valence-electron chi connectivity index (χ1n) is 7.85. The van der Waals surface area contributed by atoms with E-state index in [1.165, 1.54) is 6.20 Å². The Kier molecular flexibility index (Phi) is 5.68. The summed E-state index contributed by atoms with van der Waals surface area (Å²) in [5, 5.41) is 6.91. The number of hydrogen-bond donors (Lipinski definition) is 1. The summed E-state index contributed by atoms with van der Waals surface area (Å²) >= 11 is 0. The summed E-state index contributed by atoms with van der Waals surface area (Å²) in [5.74, 6) is 0.0428. The SMILES string of the molecule is Cc1c(C(=O)OC(C)C(=O)NCC(C)C)cnn1-c1ccccn1. The highest BCUT2D eigenvalue weighted by Gasteiger charge is 2.22. The predicted octanol–water partition coefficient (Wildman–Crippen LogP) is 1.89. The van der Waals surface area contributed by atoms with Crippen LogP contribution in [0.15, 0.2) is 30.6 Å². The van der Waals surface area contributed by atoms with Crippen molar-refractivity contribution >= 4 is 11.9 Å². The van der Waals surface area contributed by atoms with E-state index in [4.69, 9.17) is 4.74 Å². The van der Waals surface area contributed by atoms with Crippen LogP contribution in [0.3, 0.4) is 0 Å². The topological polar surface area (TPSA) is 86.1 Å². The Morgan fingerprint density at radius 3 is 2.67 bits per heavy atom. The number of carbonyl (C=O) groups excluding carboxylic acids is 2. The molecule has 0 fully saturated rings. The zero-order chi connectivity index (χ0) is 17.7. The van der Waals surface area contributed by atoms with Crippen molar-refractivity contribution in [3.63, 3.8) is 0 Å². The molecule has 0 spiro atoms. The van der Waals surface area contributed by atoms with Crippen LogP contribution < -0.4 is 5.32 Å². The Balaban J connectivity index is 2.06. The van der Waals surface area contributed by atoms with Gasteiger partial charge in [-0.05, 0) is 31.9 Å². The fourth-order valence-electron chi connectivity index (χ4n) is 2.05. The molecule has 2 heterocycles. The van der Waals surface area contributed by atoms with Crippen molar-refractivity contribution in [2.75, 3.05) is 6.54 Å². The molecule has 0 aliphatic heterocycles. The van der Waals surface area contributed by atoms with Gasteiger partial charge in [0, 0.05) is 12.7 Å². The van der Waals surface area contributed by atoms with Crippen LogP contribution in [-0.4, -0.2) is 39.3 Å². The second-order valence-electron chi connectivity index (χ2n) is 5.93. The van der Waals surface area contributed by atoms with Crippen LogP contribution >= 0.6 is 0 Å². The molecule has 128 valence electrons. The fraction of sp³-hybridized carbons (Fsp3) is 0.412. The van der Waals surface area contributed by atoms with Crippen LogP contribution in [0.25, 0.3) is 5.82 Å². The van der Waals surface area contributed by atoms with E-state index in [1.54, 1.807) is 36.9 Å². The molecule has 0 bridgehead atoms. The van der Waals surface area contributed by atoms with Gasteiger partial charge in [0.1, 0.15) is 5.56 Å². The maximum Gasteiger partial charge on any atom is 0.342 e. The van der Waals surface area contributed by atoms with E-state index < -0.39 is 12.1 Å². The summed E-state index contributed by atoms with van der Waals surface area (Å²) in [6.07, 6.45) is 2.20. The minimum Gasteiger partial charge on any atom is -0.449 e. The highest BCUT2D eigenvalue weighted by molar-refractivity contribution is 5.93. The lowest BCUT2D eigenvalue weighted by molar-refractivity contribution is -0.129. The van der Waals surface area contributed by atoms with Gasteiger partial charge >= 0.3 is 5.97 Å². The number of carbonyl (C=O) groups is 2. The van der Waals surface area contributed by atoms with E-state index in [2.05, 4.69) is 15.4 Å². The molecule has 2 rings (SSSR count). The Labute approximate surface area is 141 Å². The van der Waals surface area contributed by atoms with Gasteiger partial charge in [0.05, 0.1) is 11.9 Å². The van der Waals surface area contributed by atoms with Gasteiger partial charge in [0.2, 0.25) is 0 Å². The van der Waals surface area contributed by atoms with Crippen LogP contribution in [0.1, 0.15) is 36.8 Å². The molecule has 0 aliphatic rings. The maximum atomic E-state index is 12.3. The minimum atomic E-state index is -0.867. The third-order valence-electron chi connectivity index (χ3n) is 3.43. The molecule has 1 atom stereocenters. The number of pyridine rings is 1. The zero-order valence-corrected chi connectivity index (χ0v) is 14.3. The number of esters is 1. The summed E-state index contributed by atoms with van der Waals surface area (Å²) in [7, 11) is 0. The van der Waals surface area contributed by atoms with Gasteiger partial charge in [-0.2, -0.15) is 5.10 Å². The molecule has 24 heavy (non-hydrogen) atoms. The highest BCUT2D eigenvalue weighted by Crippen LogP contribution is 2.14.